The van der Waals surface area contributed by atoms with Crippen LogP contribution in [0.25, 0.3) is 0 Å². The van der Waals surface area contributed by atoms with Crippen molar-refractivity contribution in [2.45, 2.75) is 13.8 Å². The molecule has 1 atom stereocenters. The van der Waals surface area contributed by atoms with E-state index in [1.165, 1.54) is 0 Å². The summed E-state index contributed by atoms with van der Waals surface area (Å²) < 4.78 is 5.38. The van der Waals surface area contributed by atoms with Crippen LogP contribution >= 0.6 is 12.4 Å². The minimum atomic E-state index is -0.212. The Hall–Kier alpha value is -2.57. The number of rotatable bonds is 8. The van der Waals surface area contributed by atoms with Gasteiger partial charge in [0, 0.05) is 29.4 Å². The molecule has 0 spiro atoms. The molecule has 0 aliphatic heterocycles. The quantitative estimate of drug-likeness (QED) is 0.642. The van der Waals surface area contributed by atoms with Crippen LogP contribution in [0.4, 0.5) is 11.4 Å². The normalized spacial score (nSPS) is 11.1. The van der Waals surface area contributed by atoms with Crippen LogP contribution in [0.1, 0.15) is 24.2 Å². The Kier molecular flexibility index (Phi) is 9.33. The standard InChI is InChI=1S/C20H25N3O3.ClH/c1-4-26-18-11-9-17(10-12-18)23-20(25)15-5-7-16(8-6-15)22-19(24)14(2)13-21-3;/h5-12,14,21H,4,13H2,1-3H3,(H,22,24)(H,23,25);1H. The fourth-order valence-corrected chi connectivity index (χ4v) is 2.37. The molecule has 146 valence electrons. The van der Waals surface area contributed by atoms with Crippen molar-refractivity contribution in [1.29, 1.82) is 0 Å². The second-order valence-electron chi connectivity index (χ2n) is 5.94. The topological polar surface area (TPSA) is 79.5 Å². The van der Waals surface area contributed by atoms with Gasteiger partial charge in [-0.1, -0.05) is 6.92 Å². The number of carbonyl (C=O) groups excluding carboxylic acids is 2. The number of nitrogens with one attached hydrogen (secondary N) is 3. The maximum Gasteiger partial charge on any atom is 0.255 e. The molecule has 0 fully saturated rings. The highest BCUT2D eigenvalue weighted by Gasteiger charge is 2.12. The fraction of sp³-hybridized carbons (Fsp3) is 0.300. The van der Waals surface area contributed by atoms with Crippen molar-refractivity contribution < 1.29 is 14.3 Å². The molecular formula is C20H26ClN3O3. The molecule has 2 rings (SSSR count). The number of carbonyl (C=O) groups is 2. The third kappa shape index (κ3) is 6.92. The third-order valence-corrected chi connectivity index (χ3v) is 3.80. The van der Waals surface area contributed by atoms with Crippen LogP contribution in [0, 0.1) is 5.92 Å². The first kappa shape index (κ1) is 22.5. The summed E-state index contributed by atoms with van der Waals surface area (Å²) in [7, 11) is 1.81. The van der Waals surface area contributed by atoms with Gasteiger partial charge >= 0.3 is 0 Å². The van der Waals surface area contributed by atoms with Crippen LogP contribution in [-0.2, 0) is 4.79 Å². The van der Waals surface area contributed by atoms with Crippen LogP contribution in [0.15, 0.2) is 48.5 Å². The van der Waals surface area contributed by atoms with E-state index in [9.17, 15) is 9.59 Å². The Balaban J connectivity index is 0.00000364. The first-order valence-electron chi connectivity index (χ1n) is 8.63. The van der Waals surface area contributed by atoms with E-state index < -0.39 is 0 Å². The zero-order valence-corrected chi connectivity index (χ0v) is 16.6. The van der Waals surface area contributed by atoms with Gasteiger partial charge in [0.2, 0.25) is 5.91 Å². The summed E-state index contributed by atoms with van der Waals surface area (Å²) in [6.07, 6.45) is 0. The van der Waals surface area contributed by atoms with E-state index in [1.54, 1.807) is 36.4 Å². The lowest BCUT2D eigenvalue weighted by atomic mass is 10.1. The highest BCUT2D eigenvalue weighted by Crippen LogP contribution is 2.17. The van der Waals surface area contributed by atoms with E-state index in [4.69, 9.17) is 4.74 Å². The maximum absolute atomic E-state index is 12.3. The average Bonchev–Trinajstić information content (AvgIpc) is 2.64. The van der Waals surface area contributed by atoms with E-state index in [-0.39, 0.29) is 30.1 Å². The number of benzene rings is 2. The van der Waals surface area contributed by atoms with Gasteiger partial charge in [-0.05, 0) is 62.5 Å². The third-order valence-electron chi connectivity index (χ3n) is 3.80. The Morgan fingerprint density at radius 1 is 0.963 bits per heavy atom. The molecule has 1 unspecified atom stereocenters. The van der Waals surface area contributed by atoms with Crippen LogP contribution in [0.3, 0.4) is 0 Å². The lowest BCUT2D eigenvalue weighted by Gasteiger charge is -2.12. The zero-order valence-electron chi connectivity index (χ0n) is 15.7. The summed E-state index contributed by atoms with van der Waals surface area (Å²) in [5, 5.41) is 8.64. The van der Waals surface area contributed by atoms with Crippen molar-refractivity contribution in [3.8, 4) is 5.75 Å². The van der Waals surface area contributed by atoms with Crippen LogP contribution in [0.5, 0.6) is 5.75 Å². The predicted molar refractivity (Wildman–Crippen MR) is 111 cm³/mol. The smallest absolute Gasteiger partial charge is 0.255 e. The minimum Gasteiger partial charge on any atom is -0.494 e. The van der Waals surface area contributed by atoms with Gasteiger partial charge in [-0.2, -0.15) is 0 Å². The van der Waals surface area contributed by atoms with Crippen molar-refractivity contribution in [2.75, 3.05) is 30.8 Å². The molecule has 2 aromatic rings. The zero-order chi connectivity index (χ0) is 18.9. The summed E-state index contributed by atoms with van der Waals surface area (Å²) in [5.41, 5.74) is 1.87. The van der Waals surface area contributed by atoms with Gasteiger partial charge in [0.05, 0.1) is 6.61 Å². The Labute approximate surface area is 166 Å². The van der Waals surface area contributed by atoms with Gasteiger partial charge in [0.15, 0.2) is 0 Å². The van der Waals surface area contributed by atoms with Gasteiger partial charge in [0.25, 0.3) is 5.91 Å². The molecule has 27 heavy (non-hydrogen) atoms. The van der Waals surface area contributed by atoms with Gasteiger partial charge in [-0.15, -0.1) is 12.4 Å². The largest absolute Gasteiger partial charge is 0.494 e. The number of amides is 2. The second kappa shape index (κ2) is 11.2. The molecule has 0 saturated heterocycles. The monoisotopic (exact) mass is 391 g/mol. The molecule has 0 saturated carbocycles. The van der Waals surface area contributed by atoms with E-state index in [0.717, 1.165) is 5.75 Å². The molecule has 2 amide bonds. The molecule has 0 aromatic heterocycles. The average molecular weight is 392 g/mol. The van der Waals surface area contributed by atoms with Crippen molar-refractivity contribution in [3.05, 3.63) is 54.1 Å². The lowest BCUT2D eigenvalue weighted by Crippen LogP contribution is -2.28. The predicted octanol–water partition coefficient (Wildman–Crippen LogP) is 3.55. The van der Waals surface area contributed by atoms with Crippen molar-refractivity contribution in [1.82, 2.24) is 5.32 Å². The number of ether oxygens (including phenoxy) is 1. The minimum absolute atomic E-state index is 0. The van der Waals surface area contributed by atoms with Gasteiger partial charge < -0.3 is 20.7 Å². The summed E-state index contributed by atoms with van der Waals surface area (Å²) >= 11 is 0. The van der Waals surface area contributed by atoms with Crippen molar-refractivity contribution in [2.24, 2.45) is 5.92 Å². The van der Waals surface area contributed by atoms with E-state index in [2.05, 4.69) is 16.0 Å². The van der Waals surface area contributed by atoms with E-state index in [1.807, 2.05) is 33.0 Å². The Bertz CT molecular complexity index is 733. The second-order valence-corrected chi connectivity index (χ2v) is 5.94. The molecule has 0 radical (unpaired) electrons. The number of hydrogen-bond acceptors (Lipinski definition) is 4. The summed E-state index contributed by atoms with van der Waals surface area (Å²) in [6.45, 7) is 4.98. The molecule has 3 N–H and O–H groups in total. The van der Waals surface area contributed by atoms with Crippen molar-refractivity contribution in [3.63, 3.8) is 0 Å². The summed E-state index contributed by atoms with van der Waals surface area (Å²) in [6, 6.07) is 14.0. The van der Waals surface area contributed by atoms with Crippen LogP contribution in [-0.4, -0.2) is 32.0 Å². The highest BCUT2D eigenvalue weighted by atomic mass is 35.5. The summed E-state index contributed by atoms with van der Waals surface area (Å²) in [5.74, 6) is 0.349. The Morgan fingerprint density at radius 3 is 2.07 bits per heavy atom. The van der Waals surface area contributed by atoms with Crippen LogP contribution < -0.4 is 20.7 Å². The molecule has 2 aromatic carbocycles. The molecule has 6 nitrogen and oxygen atoms in total. The number of hydrogen-bond donors (Lipinski definition) is 3. The molecular weight excluding hydrogens is 366 g/mol. The van der Waals surface area contributed by atoms with E-state index >= 15 is 0 Å². The van der Waals surface area contributed by atoms with Gasteiger partial charge in [-0.3, -0.25) is 9.59 Å². The van der Waals surface area contributed by atoms with Crippen molar-refractivity contribution >= 4 is 35.6 Å². The Morgan fingerprint density at radius 2 is 1.52 bits per heavy atom. The molecule has 0 heterocycles. The molecule has 0 aliphatic carbocycles. The van der Waals surface area contributed by atoms with Crippen LogP contribution in [0.2, 0.25) is 0 Å². The molecule has 0 aliphatic rings. The fourth-order valence-electron chi connectivity index (χ4n) is 2.37. The summed E-state index contributed by atoms with van der Waals surface area (Å²) in [4.78, 5) is 24.3. The first-order valence-corrected chi connectivity index (χ1v) is 8.63. The number of halogens is 1. The SMILES string of the molecule is CCOc1ccc(NC(=O)c2ccc(NC(=O)C(C)CNC)cc2)cc1.Cl. The first-order chi connectivity index (χ1) is 12.5. The molecule has 0 bridgehead atoms. The van der Waals surface area contributed by atoms with Gasteiger partial charge in [-0.25, -0.2) is 0 Å². The lowest BCUT2D eigenvalue weighted by molar-refractivity contribution is -0.119. The maximum atomic E-state index is 12.3. The van der Waals surface area contributed by atoms with Gasteiger partial charge in [0.1, 0.15) is 5.75 Å². The highest BCUT2D eigenvalue weighted by molar-refractivity contribution is 6.04. The molecule has 7 heteroatoms. The number of anilines is 2. The van der Waals surface area contributed by atoms with E-state index in [0.29, 0.717) is 30.1 Å².